The fourth-order valence-electron chi connectivity index (χ4n) is 1.31. The number of ether oxygens (including phenoxy) is 2. The van der Waals surface area contributed by atoms with Crippen molar-refractivity contribution in [2.75, 3.05) is 13.2 Å². The molecule has 76 valence electrons. The van der Waals surface area contributed by atoms with Gasteiger partial charge in [-0.25, -0.2) is 0 Å². The van der Waals surface area contributed by atoms with Crippen LogP contribution in [0.1, 0.15) is 34.1 Å². The lowest BCUT2D eigenvalue weighted by Crippen LogP contribution is -2.36. The van der Waals surface area contributed by atoms with E-state index in [1.807, 2.05) is 13.8 Å². The molecule has 0 atom stereocenters. The fourth-order valence-corrected chi connectivity index (χ4v) is 1.31. The van der Waals surface area contributed by atoms with Gasteiger partial charge in [0.15, 0.2) is 0 Å². The van der Waals surface area contributed by atoms with Crippen LogP contribution in [0.5, 0.6) is 0 Å². The van der Waals surface area contributed by atoms with Crippen molar-refractivity contribution in [1.82, 2.24) is 0 Å². The van der Waals surface area contributed by atoms with Gasteiger partial charge in [-0.3, -0.25) is 0 Å². The topological polar surface area (TPSA) is 18.5 Å². The Morgan fingerprint density at radius 2 is 1.69 bits per heavy atom. The van der Waals surface area contributed by atoms with Crippen molar-refractivity contribution in [1.29, 1.82) is 0 Å². The predicted octanol–water partition coefficient (Wildman–Crippen LogP) is 2.44. The van der Waals surface area contributed by atoms with Crippen LogP contribution in [0.25, 0.3) is 0 Å². The maximum atomic E-state index is 5.47. The van der Waals surface area contributed by atoms with Crippen molar-refractivity contribution in [3.8, 4) is 12.3 Å². The summed E-state index contributed by atoms with van der Waals surface area (Å²) in [5, 5.41) is 0. The van der Waals surface area contributed by atoms with Crippen molar-refractivity contribution in [3.05, 3.63) is 0 Å². The van der Waals surface area contributed by atoms with Gasteiger partial charge in [0.05, 0.1) is 0 Å². The molecule has 0 saturated carbocycles. The standard InChI is InChI=1S/C11H20O2/c1-6-11(12-7-2,13-8-3)9-10(4)5/h1,10H,7-9H2,2-5H3. The molecule has 2 heteroatoms. The van der Waals surface area contributed by atoms with Gasteiger partial charge in [0.2, 0.25) is 5.79 Å². The zero-order valence-corrected chi connectivity index (χ0v) is 9.09. The van der Waals surface area contributed by atoms with Crippen molar-refractivity contribution in [3.63, 3.8) is 0 Å². The number of terminal acetylenes is 1. The summed E-state index contributed by atoms with van der Waals surface area (Å²) in [7, 11) is 0. The highest BCUT2D eigenvalue weighted by Crippen LogP contribution is 2.22. The lowest BCUT2D eigenvalue weighted by Gasteiger charge is -2.29. The molecule has 0 bridgehead atoms. The van der Waals surface area contributed by atoms with Crippen molar-refractivity contribution in [2.24, 2.45) is 5.92 Å². The van der Waals surface area contributed by atoms with Gasteiger partial charge in [0.25, 0.3) is 0 Å². The van der Waals surface area contributed by atoms with E-state index in [1.165, 1.54) is 0 Å². The van der Waals surface area contributed by atoms with Gasteiger partial charge in [-0.1, -0.05) is 13.8 Å². The van der Waals surface area contributed by atoms with E-state index in [4.69, 9.17) is 15.9 Å². The van der Waals surface area contributed by atoms with Gasteiger partial charge in [0.1, 0.15) is 0 Å². The Balaban J connectivity index is 4.36. The molecule has 0 unspecified atom stereocenters. The molecular weight excluding hydrogens is 164 g/mol. The lowest BCUT2D eigenvalue weighted by atomic mass is 10.0. The number of rotatable bonds is 6. The van der Waals surface area contributed by atoms with Crippen molar-refractivity contribution >= 4 is 0 Å². The first kappa shape index (κ1) is 12.5. The SMILES string of the molecule is C#CC(CC(C)C)(OCC)OCC. The molecule has 0 amide bonds. The Bertz CT molecular complexity index is 161. The molecule has 0 aliphatic rings. The molecule has 0 aromatic heterocycles. The van der Waals surface area contributed by atoms with Crippen LogP contribution in [0.3, 0.4) is 0 Å². The zero-order valence-electron chi connectivity index (χ0n) is 9.09. The van der Waals surface area contributed by atoms with Crippen LogP contribution in [0.4, 0.5) is 0 Å². The van der Waals surface area contributed by atoms with Gasteiger partial charge >= 0.3 is 0 Å². The second-order valence-electron chi connectivity index (χ2n) is 3.36. The molecule has 0 aliphatic carbocycles. The molecule has 0 heterocycles. The molecule has 0 aromatic carbocycles. The van der Waals surface area contributed by atoms with E-state index in [9.17, 15) is 0 Å². The van der Waals surface area contributed by atoms with Crippen LogP contribution >= 0.6 is 0 Å². The summed E-state index contributed by atoms with van der Waals surface area (Å²) in [4.78, 5) is 0. The van der Waals surface area contributed by atoms with Crippen LogP contribution in [-0.2, 0) is 9.47 Å². The Morgan fingerprint density at radius 3 is 1.92 bits per heavy atom. The minimum atomic E-state index is -0.808. The molecule has 0 aromatic rings. The highest BCUT2D eigenvalue weighted by atomic mass is 16.7. The predicted molar refractivity (Wildman–Crippen MR) is 54.3 cm³/mol. The molecule has 0 rings (SSSR count). The first-order valence-electron chi connectivity index (χ1n) is 4.85. The summed E-state index contributed by atoms with van der Waals surface area (Å²) in [5.41, 5.74) is 0. The van der Waals surface area contributed by atoms with E-state index in [-0.39, 0.29) is 0 Å². The van der Waals surface area contributed by atoms with Crippen LogP contribution in [0.2, 0.25) is 0 Å². The second-order valence-corrected chi connectivity index (χ2v) is 3.36. The third kappa shape index (κ3) is 4.31. The smallest absolute Gasteiger partial charge is 0.233 e. The second kappa shape index (κ2) is 6.01. The summed E-state index contributed by atoms with van der Waals surface area (Å²) >= 11 is 0. The van der Waals surface area contributed by atoms with Crippen LogP contribution in [0, 0.1) is 18.3 Å². The first-order chi connectivity index (χ1) is 6.10. The number of hydrogen-bond acceptors (Lipinski definition) is 2. The quantitative estimate of drug-likeness (QED) is 0.466. The molecule has 0 spiro atoms. The fraction of sp³-hybridized carbons (Fsp3) is 0.818. The Morgan fingerprint density at radius 1 is 1.23 bits per heavy atom. The lowest BCUT2D eigenvalue weighted by molar-refractivity contribution is -0.200. The first-order valence-corrected chi connectivity index (χ1v) is 4.85. The minimum Gasteiger partial charge on any atom is -0.340 e. The zero-order chi connectivity index (χ0) is 10.3. The molecule has 0 radical (unpaired) electrons. The third-order valence-corrected chi connectivity index (χ3v) is 1.65. The van der Waals surface area contributed by atoms with Crippen molar-refractivity contribution in [2.45, 2.75) is 39.9 Å². The van der Waals surface area contributed by atoms with E-state index in [1.54, 1.807) is 0 Å². The summed E-state index contributed by atoms with van der Waals surface area (Å²) in [6.07, 6.45) is 6.17. The Labute approximate surface area is 81.6 Å². The molecular formula is C11H20O2. The molecule has 0 fully saturated rings. The normalized spacial score (nSPS) is 11.7. The minimum absolute atomic E-state index is 0.467. The average Bonchev–Trinajstić information content (AvgIpc) is 2.04. The largest absolute Gasteiger partial charge is 0.340 e. The van der Waals surface area contributed by atoms with Gasteiger partial charge in [-0.15, -0.1) is 6.42 Å². The van der Waals surface area contributed by atoms with E-state index in [0.717, 1.165) is 6.42 Å². The van der Waals surface area contributed by atoms with Gasteiger partial charge < -0.3 is 9.47 Å². The van der Waals surface area contributed by atoms with Crippen molar-refractivity contribution < 1.29 is 9.47 Å². The van der Waals surface area contributed by atoms with Crippen LogP contribution < -0.4 is 0 Å². The van der Waals surface area contributed by atoms with Gasteiger partial charge in [-0.05, 0) is 25.7 Å². The van der Waals surface area contributed by atoms with E-state index < -0.39 is 5.79 Å². The van der Waals surface area contributed by atoms with Crippen LogP contribution in [0.15, 0.2) is 0 Å². The Hall–Kier alpha value is -0.520. The molecule has 0 aliphatic heterocycles. The van der Waals surface area contributed by atoms with Gasteiger partial charge in [-0.2, -0.15) is 0 Å². The third-order valence-electron chi connectivity index (χ3n) is 1.65. The summed E-state index contributed by atoms with van der Waals surface area (Å²) in [6, 6.07) is 0. The summed E-state index contributed by atoms with van der Waals surface area (Å²) in [5.74, 6) is 2.26. The maximum Gasteiger partial charge on any atom is 0.233 e. The maximum absolute atomic E-state index is 5.47. The van der Waals surface area contributed by atoms with E-state index >= 15 is 0 Å². The van der Waals surface area contributed by atoms with Crippen LogP contribution in [-0.4, -0.2) is 19.0 Å². The molecule has 0 saturated heterocycles. The van der Waals surface area contributed by atoms with E-state index in [2.05, 4.69) is 19.8 Å². The molecule has 13 heavy (non-hydrogen) atoms. The number of hydrogen-bond donors (Lipinski definition) is 0. The summed E-state index contributed by atoms with van der Waals surface area (Å²) in [6.45, 7) is 9.21. The van der Waals surface area contributed by atoms with Gasteiger partial charge in [0, 0.05) is 19.6 Å². The monoisotopic (exact) mass is 184 g/mol. The highest BCUT2D eigenvalue weighted by molar-refractivity contribution is 5.03. The van der Waals surface area contributed by atoms with E-state index in [0.29, 0.717) is 19.1 Å². The summed E-state index contributed by atoms with van der Waals surface area (Å²) < 4.78 is 10.9. The highest BCUT2D eigenvalue weighted by Gasteiger charge is 2.29. The average molecular weight is 184 g/mol. The Kier molecular flexibility index (Phi) is 5.77. The molecule has 0 N–H and O–H groups in total. The molecule has 2 nitrogen and oxygen atoms in total.